The minimum absolute atomic E-state index is 0.523. The number of para-hydroxylation sites is 2. The lowest BCUT2D eigenvalue weighted by Crippen LogP contribution is -2.37. The Balaban J connectivity index is 2.25. The van der Waals surface area contributed by atoms with Gasteiger partial charge in [0.2, 0.25) is 0 Å². The van der Waals surface area contributed by atoms with Crippen molar-refractivity contribution in [1.82, 2.24) is 5.43 Å². The Labute approximate surface area is 122 Å². The molecule has 0 aliphatic heterocycles. The molecule has 0 saturated carbocycles. The maximum absolute atomic E-state index is 11.8. The van der Waals surface area contributed by atoms with Gasteiger partial charge in [0.25, 0.3) is 5.91 Å². The first kappa shape index (κ1) is 14.3. The summed E-state index contributed by atoms with van der Waals surface area (Å²) in [6.07, 6.45) is 1.77. The first-order valence-corrected chi connectivity index (χ1v) is 6.28. The Hall–Kier alpha value is -3.08. The number of anilines is 2. The van der Waals surface area contributed by atoms with E-state index in [1.165, 1.54) is 0 Å². The number of benzene rings is 2. The van der Waals surface area contributed by atoms with Crippen LogP contribution in [0.2, 0.25) is 0 Å². The molecule has 5 nitrogen and oxygen atoms in total. The van der Waals surface area contributed by atoms with Crippen molar-refractivity contribution in [2.75, 3.05) is 5.01 Å². The van der Waals surface area contributed by atoms with Crippen molar-refractivity contribution in [3.63, 3.8) is 0 Å². The van der Waals surface area contributed by atoms with Gasteiger partial charge in [-0.3, -0.25) is 15.2 Å². The Bertz CT molecular complexity index is 600. The zero-order valence-corrected chi connectivity index (χ0v) is 11.1. The van der Waals surface area contributed by atoms with Crippen molar-refractivity contribution in [3.8, 4) is 0 Å². The predicted octanol–water partition coefficient (Wildman–Crippen LogP) is 2.50. The van der Waals surface area contributed by atoms with E-state index >= 15 is 0 Å². The van der Waals surface area contributed by atoms with Crippen LogP contribution in [0, 0.1) is 0 Å². The molecule has 1 amide bonds. The molecule has 0 unspecified atom stereocenters. The zero-order valence-electron chi connectivity index (χ0n) is 11.1. The summed E-state index contributed by atoms with van der Waals surface area (Å²) in [7, 11) is 0. The van der Waals surface area contributed by atoms with E-state index in [9.17, 15) is 9.59 Å². The van der Waals surface area contributed by atoms with Gasteiger partial charge >= 0.3 is 5.97 Å². The lowest BCUT2D eigenvalue weighted by Gasteiger charge is -2.24. The highest BCUT2D eigenvalue weighted by atomic mass is 16.4. The van der Waals surface area contributed by atoms with Crippen LogP contribution in [0.4, 0.5) is 11.4 Å². The van der Waals surface area contributed by atoms with E-state index in [2.05, 4.69) is 5.43 Å². The average Bonchev–Trinajstić information content (AvgIpc) is 2.52. The van der Waals surface area contributed by atoms with Crippen molar-refractivity contribution in [1.29, 1.82) is 0 Å². The van der Waals surface area contributed by atoms with Crippen LogP contribution in [0.25, 0.3) is 0 Å². The Morgan fingerprint density at radius 3 is 1.76 bits per heavy atom. The molecule has 0 radical (unpaired) electrons. The molecule has 106 valence electrons. The van der Waals surface area contributed by atoms with Crippen LogP contribution in [-0.2, 0) is 9.59 Å². The van der Waals surface area contributed by atoms with Gasteiger partial charge in [-0.25, -0.2) is 4.79 Å². The molecule has 0 aliphatic carbocycles. The quantitative estimate of drug-likeness (QED) is 0.653. The molecule has 0 spiro atoms. The molecule has 5 heteroatoms. The lowest BCUT2D eigenvalue weighted by atomic mass is 10.2. The minimum atomic E-state index is -1.17. The number of carbonyl (C=O) groups is 2. The highest BCUT2D eigenvalue weighted by molar-refractivity contribution is 5.95. The maximum Gasteiger partial charge on any atom is 0.328 e. The van der Waals surface area contributed by atoms with Crippen LogP contribution in [0.3, 0.4) is 0 Å². The van der Waals surface area contributed by atoms with Crippen LogP contribution in [0.1, 0.15) is 0 Å². The largest absolute Gasteiger partial charge is 0.478 e. The number of rotatable bonds is 5. The molecular weight excluding hydrogens is 268 g/mol. The number of nitrogens with one attached hydrogen (secondary N) is 1. The molecule has 0 atom stereocenters. The Kier molecular flexibility index (Phi) is 4.71. The van der Waals surface area contributed by atoms with E-state index in [0.717, 1.165) is 23.5 Å². The monoisotopic (exact) mass is 282 g/mol. The van der Waals surface area contributed by atoms with Crippen molar-refractivity contribution in [2.45, 2.75) is 0 Å². The molecule has 0 saturated heterocycles. The fourth-order valence-corrected chi connectivity index (χ4v) is 1.73. The van der Waals surface area contributed by atoms with E-state index in [1.54, 1.807) is 5.01 Å². The molecular formula is C16H14N2O3. The van der Waals surface area contributed by atoms with Crippen LogP contribution in [0.15, 0.2) is 72.8 Å². The number of carboxylic acids is 1. The van der Waals surface area contributed by atoms with Gasteiger partial charge in [-0.05, 0) is 24.3 Å². The number of carboxylic acid groups (broad SMARTS) is 1. The second kappa shape index (κ2) is 6.91. The van der Waals surface area contributed by atoms with Gasteiger partial charge in [-0.2, -0.15) is 0 Å². The molecule has 2 aromatic carbocycles. The summed E-state index contributed by atoms with van der Waals surface area (Å²) in [4.78, 5) is 22.3. The lowest BCUT2D eigenvalue weighted by molar-refractivity contribution is -0.131. The fourth-order valence-electron chi connectivity index (χ4n) is 1.73. The molecule has 2 aromatic rings. The summed E-state index contributed by atoms with van der Waals surface area (Å²) in [5.74, 6) is -1.69. The highest BCUT2D eigenvalue weighted by Gasteiger charge is 2.10. The fraction of sp³-hybridized carbons (Fsp3) is 0. The standard InChI is InChI=1S/C16H14N2O3/c19-15(11-12-16(20)21)17-18(13-7-3-1-4-8-13)14-9-5-2-6-10-14/h1-12H,(H,17,19)(H,20,21). The van der Waals surface area contributed by atoms with Crippen molar-refractivity contribution < 1.29 is 14.7 Å². The SMILES string of the molecule is O=C(O)C=CC(=O)NN(c1ccccc1)c1ccccc1. The number of carbonyl (C=O) groups excluding carboxylic acids is 1. The number of hydrogen-bond acceptors (Lipinski definition) is 3. The normalized spacial score (nSPS) is 10.3. The first-order chi connectivity index (χ1) is 10.2. The van der Waals surface area contributed by atoms with Gasteiger partial charge in [-0.1, -0.05) is 36.4 Å². The molecule has 0 heterocycles. The zero-order chi connectivity index (χ0) is 15.1. The van der Waals surface area contributed by atoms with Crippen molar-refractivity contribution in [3.05, 3.63) is 72.8 Å². The summed E-state index contributed by atoms with van der Waals surface area (Å²) < 4.78 is 0. The summed E-state index contributed by atoms with van der Waals surface area (Å²) >= 11 is 0. The second-order valence-electron chi connectivity index (χ2n) is 4.15. The summed E-state index contributed by atoms with van der Waals surface area (Å²) in [6, 6.07) is 18.5. The highest BCUT2D eigenvalue weighted by Crippen LogP contribution is 2.22. The van der Waals surface area contributed by atoms with Crippen molar-refractivity contribution in [2.24, 2.45) is 0 Å². The topological polar surface area (TPSA) is 69.6 Å². The van der Waals surface area contributed by atoms with Gasteiger partial charge in [0.05, 0.1) is 11.4 Å². The van der Waals surface area contributed by atoms with Gasteiger partial charge in [0.15, 0.2) is 0 Å². The van der Waals surface area contributed by atoms with Crippen LogP contribution in [0.5, 0.6) is 0 Å². The molecule has 2 rings (SSSR count). The minimum Gasteiger partial charge on any atom is -0.478 e. The predicted molar refractivity (Wildman–Crippen MR) is 79.9 cm³/mol. The molecule has 0 bridgehead atoms. The van der Waals surface area contributed by atoms with Crippen molar-refractivity contribution >= 4 is 23.3 Å². The van der Waals surface area contributed by atoms with E-state index < -0.39 is 11.9 Å². The van der Waals surface area contributed by atoms with E-state index in [0.29, 0.717) is 0 Å². The third-order valence-corrected chi connectivity index (χ3v) is 2.63. The Morgan fingerprint density at radius 1 is 0.857 bits per heavy atom. The third kappa shape index (κ3) is 4.21. The number of hydrazine groups is 1. The number of aliphatic carboxylic acids is 1. The van der Waals surface area contributed by atoms with Gasteiger partial charge < -0.3 is 5.11 Å². The van der Waals surface area contributed by atoms with E-state index in [-0.39, 0.29) is 0 Å². The molecule has 21 heavy (non-hydrogen) atoms. The third-order valence-electron chi connectivity index (χ3n) is 2.63. The van der Waals surface area contributed by atoms with Gasteiger partial charge in [-0.15, -0.1) is 0 Å². The summed E-state index contributed by atoms with van der Waals surface area (Å²) in [5, 5.41) is 10.1. The smallest absolute Gasteiger partial charge is 0.328 e. The molecule has 2 N–H and O–H groups in total. The van der Waals surface area contributed by atoms with Crippen LogP contribution >= 0.6 is 0 Å². The maximum atomic E-state index is 11.8. The molecule has 0 fully saturated rings. The number of nitrogens with zero attached hydrogens (tertiary/aromatic N) is 1. The summed E-state index contributed by atoms with van der Waals surface area (Å²) in [6.45, 7) is 0. The van der Waals surface area contributed by atoms with Gasteiger partial charge in [0, 0.05) is 12.2 Å². The molecule has 0 aliphatic rings. The molecule has 0 aromatic heterocycles. The second-order valence-corrected chi connectivity index (χ2v) is 4.15. The average molecular weight is 282 g/mol. The van der Waals surface area contributed by atoms with E-state index in [4.69, 9.17) is 5.11 Å². The summed E-state index contributed by atoms with van der Waals surface area (Å²) in [5.41, 5.74) is 4.18. The first-order valence-electron chi connectivity index (χ1n) is 6.28. The van der Waals surface area contributed by atoms with Crippen LogP contribution < -0.4 is 10.4 Å². The Morgan fingerprint density at radius 2 is 1.33 bits per heavy atom. The number of hydrogen-bond donors (Lipinski definition) is 2. The van der Waals surface area contributed by atoms with E-state index in [1.807, 2.05) is 60.7 Å². The number of amides is 1. The van der Waals surface area contributed by atoms with Crippen LogP contribution in [-0.4, -0.2) is 17.0 Å². The van der Waals surface area contributed by atoms with Gasteiger partial charge in [0.1, 0.15) is 0 Å².